The third-order valence-corrected chi connectivity index (χ3v) is 4.95. The standard InChI is InChI=1S/C15H20ClFN2O/c1-3-15(4-2)5-7-19(8-6-15)14(20)12-9-11(17)10-18-13(12)16/h9-10H,3-8H2,1-2H3. The Morgan fingerprint density at radius 1 is 1.40 bits per heavy atom. The Labute approximate surface area is 124 Å². The first kappa shape index (κ1) is 15.2. The van der Waals surface area contributed by atoms with E-state index < -0.39 is 5.82 Å². The maximum absolute atomic E-state index is 13.2. The summed E-state index contributed by atoms with van der Waals surface area (Å²) in [5.41, 5.74) is 0.507. The molecule has 0 N–H and O–H groups in total. The number of likely N-dealkylation sites (tertiary alicyclic amines) is 1. The normalized spacial score (nSPS) is 18.1. The Bertz CT molecular complexity index is 493. The maximum Gasteiger partial charge on any atom is 0.257 e. The van der Waals surface area contributed by atoms with Gasteiger partial charge in [-0.1, -0.05) is 38.3 Å². The number of halogens is 2. The Kier molecular flexibility index (Phi) is 4.63. The number of aromatic nitrogens is 1. The van der Waals surface area contributed by atoms with Gasteiger partial charge in [-0.05, 0) is 24.3 Å². The van der Waals surface area contributed by atoms with Crippen molar-refractivity contribution in [1.29, 1.82) is 0 Å². The van der Waals surface area contributed by atoms with Crippen LogP contribution in [0.5, 0.6) is 0 Å². The van der Waals surface area contributed by atoms with Gasteiger partial charge in [0, 0.05) is 13.1 Å². The number of piperidine rings is 1. The zero-order chi connectivity index (χ0) is 14.8. The highest BCUT2D eigenvalue weighted by Crippen LogP contribution is 2.38. The smallest absolute Gasteiger partial charge is 0.257 e. The van der Waals surface area contributed by atoms with Gasteiger partial charge in [0.15, 0.2) is 0 Å². The Morgan fingerprint density at radius 3 is 2.55 bits per heavy atom. The van der Waals surface area contributed by atoms with Crippen LogP contribution in [0.25, 0.3) is 0 Å². The van der Waals surface area contributed by atoms with Crippen molar-refractivity contribution in [1.82, 2.24) is 9.88 Å². The molecule has 1 aliphatic rings. The molecule has 0 atom stereocenters. The molecule has 2 heterocycles. The number of hydrogen-bond acceptors (Lipinski definition) is 2. The molecule has 1 aromatic heterocycles. The van der Waals surface area contributed by atoms with Crippen LogP contribution in [0.4, 0.5) is 4.39 Å². The Hall–Kier alpha value is -1.16. The zero-order valence-corrected chi connectivity index (χ0v) is 12.7. The predicted molar refractivity (Wildman–Crippen MR) is 77.4 cm³/mol. The molecule has 20 heavy (non-hydrogen) atoms. The van der Waals surface area contributed by atoms with Gasteiger partial charge in [-0.2, -0.15) is 0 Å². The van der Waals surface area contributed by atoms with Crippen molar-refractivity contribution in [3.63, 3.8) is 0 Å². The number of pyridine rings is 1. The molecule has 0 radical (unpaired) electrons. The molecule has 1 amide bonds. The topological polar surface area (TPSA) is 33.2 Å². The van der Waals surface area contributed by atoms with E-state index in [1.54, 1.807) is 4.90 Å². The zero-order valence-electron chi connectivity index (χ0n) is 12.0. The summed E-state index contributed by atoms with van der Waals surface area (Å²) < 4.78 is 13.2. The molecule has 1 saturated heterocycles. The van der Waals surface area contributed by atoms with Crippen LogP contribution in [0.2, 0.25) is 5.15 Å². The van der Waals surface area contributed by atoms with Crippen LogP contribution in [0.15, 0.2) is 12.3 Å². The van der Waals surface area contributed by atoms with Crippen LogP contribution in [0.3, 0.4) is 0 Å². The van der Waals surface area contributed by atoms with Gasteiger partial charge >= 0.3 is 0 Å². The predicted octanol–water partition coefficient (Wildman–Crippen LogP) is 3.92. The number of amides is 1. The van der Waals surface area contributed by atoms with E-state index in [9.17, 15) is 9.18 Å². The molecule has 1 aliphatic heterocycles. The molecule has 2 rings (SSSR count). The molecule has 1 aromatic rings. The minimum absolute atomic E-state index is 0.0687. The lowest BCUT2D eigenvalue weighted by Gasteiger charge is -2.41. The molecular weight excluding hydrogens is 279 g/mol. The average Bonchev–Trinajstić information content (AvgIpc) is 2.49. The van der Waals surface area contributed by atoms with Crippen LogP contribution in [0.1, 0.15) is 49.9 Å². The van der Waals surface area contributed by atoms with E-state index in [-0.39, 0.29) is 16.6 Å². The van der Waals surface area contributed by atoms with Gasteiger partial charge in [0.25, 0.3) is 5.91 Å². The molecule has 5 heteroatoms. The fraction of sp³-hybridized carbons (Fsp3) is 0.600. The first-order valence-corrected chi connectivity index (χ1v) is 7.49. The highest BCUT2D eigenvalue weighted by Gasteiger charge is 2.33. The molecule has 0 aromatic carbocycles. The first-order chi connectivity index (χ1) is 9.51. The van der Waals surface area contributed by atoms with Gasteiger partial charge < -0.3 is 4.90 Å². The van der Waals surface area contributed by atoms with Gasteiger partial charge in [0.1, 0.15) is 11.0 Å². The largest absolute Gasteiger partial charge is 0.339 e. The summed E-state index contributed by atoms with van der Waals surface area (Å²) in [7, 11) is 0. The second-order valence-electron chi connectivity index (χ2n) is 5.49. The van der Waals surface area contributed by atoms with Crippen molar-refractivity contribution in [3.8, 4) is 0 Å². The highest BCUT2D eigenvalue weighted by molar-refractivity contribution is 6.32. The molecule has 0 aliphatic carbocycles. The van der Waals surface area contributed by atoms with Crippen LogP contribution in [-0.2, 0) is 0 Å². The van der Waals surface area contributed by atoms with Crippen molar-refractivity contribution in [2.45, 2.75) is 39.5 Å². The van der Waals surface area contributed by atoms with E-state index >= 15 is 0 Å². The molecular formula is C15H20ClFN2O. The fourth-order valence-corrected chi connectivity index (χ4v) is 3.07. The lowest BCUT2D eigenvalue weighted by molar-refractivity contribution is 0.0557. The van der Waals surface area contributed by atoms with Crippen LogP contribution in [-0.4, -0.2) is 28.9 Å². The first-order valence-electron chi connectivity index (χ1n) is 7.11. The summed E-state index contributed by atoms with van der Waals surface area (Å²) >= 11 is 5.90. The van der Waals surface area contributed by atoms with Gasteiger partial charge in [-0.25, -0.2) is 9.37 Å². The number of carbonyl (C=O) groups excluding carboxylic acids is 1. The summed E-state index contributed by atoms with van der Waals surface area (Å²) in [5, 5.41) is 0.0687. The summed E-state index contributed by atoms with van der Waals surface area (Å²) in [5.74, 6) is -0.756. The molecule has 3 nitrogen and oxygen atoms in total. The maximum atomic E-state index is 13.2. The highest BCUT2D eigenvalue weighted by atomic mass is 35.5. The molecule has 110 valence electrons. The van der Waals surface area contributed by atoms with Crippen molar-refractivity contribution >= 4 is 17.5 Å². The van der Waals surface area contributed by atoms with E-state index in [4.69, 9.17) is 11.6 Å². The van der Waals surface area contributed by atoms with E-state index in [2.05, 4.69) is 18.8 Å². The van der Waals surface area contributed by atoms with Crippen molar-refractivity contribution in [2.24, 2.45) is 5.41 Å². The monoisotopic (exact) mass is 298 g/mol. The van der Waals surface area contributed by atoms with E-state index in [0.717, 1.165) is 31.9 Å². The van der Waals surface area contributed by atoms with Crippen molar-refractivity contribution < 1.29 is 9.18 Å². The molecule has 1 fully saturated rings. The number of hydrogen-bond donors (Lipinski definition) is 0. The van der Waals surface area contributed by atoms with Crippen molar-refractivity contribution in [3.05, 3.63) is 28.8 Å². The second-order valence-corrected chi connectivity index (χ2v) is 5.85. The molecule has 0 unspecified atom stereocenters. The van der Waals surface area contributed by atoms with Gasteiger partial charge in [0.05, 0.1) is 11.8 Å². The molecule has 0 bridgehead atoms. The molecule has 0 spiro atoms. The quantitative estimate of drug-likeness (QED) is 0.793. The summed E-state index contributed by atoms with van der Waals surface area (Å²) in [4.78, 5) is 17.8. The van der Waals surface area contributed by atoms with Crippen LogP contribution < -0.4 is 0 Å². The summed E-state index contributed by atoms with van der Waals surface area (Å²) in [6.07, 6.45) is 5.27. The SMILES string of the molecule is CCC1(CC)CCN(C(=O)c2cc(F)cnc2Cl)CC1. The third kappa shape index (κ3) is 2.95. The number of carbonyl (C=O) groups is 1. The van der Waals surface area contributed by atoms with Gasteiger partial charge in [-0.15, -0.1) is 0 Å². The van der Waals surface area contributed by atoms with Crippen LogP contribution >= 0.6 is 11.6 Å². The average molecular weight is 299 g/mol. The molecule has 0 saturated carbocycles. The third-order valence-electron chi connectivity index (χ3n) is 4.65. The number of nitrogens with zero attached hydrogens (tertiary/aromatic N) is 2. The van der Waals surface area contributed by atoms with E-state index in [1.165, 1.54) is 6.07 Å². The van der Waals surface area contributed by atoms with Crippen LogP contribution in [0, 0.1) is 11.2 Å². The lowest BCUT2D eigenvalue weighted by atomic mass is 9.74. The fourth-order valence-electron chi connectivity index (χ4n) is 2.88. The van der Waals surface area contributed by atoms with Crippen molar-refractivity contribution in [2.75, 3.05) is 13.1 Å². The van der Waals surface area contributed by atoms with Gasteiger partial charge in [-0.3, -0.25) is 4.79 Å². The minimum Gasteiger partial charge on any atom is -0.339 e. The summed E-state index contributed by atoms with van der Waals surface area (Å²) in [6.45, 7) is 5.81. The summed E-state index contributed by atoms with van der Waals surface area (Å²) in [6, 6.07) is 1.17. The van der Waals surface area contributed by atoms with E-state index in [1.807, 2.05) is 0 Å². The van der Waals surface area contributed by atoms with Gasteiger partial charge in [0.2, 0.25) is 0 Å². The Balaban J connectivity index is 2.10. The lowest BCUT2D eigenvalue weighted by Crippen LogP contribution is -2.43. The Morgan fingerprint density at radius 2 is 2.00 bits per heavy atom. The van der Waals surface area contributed by atoms with E-state index in [0.29, 0.717) is 18.5 Å². The minimum atomic E-state index is -0.536. The second kappa shape index (κ2) is 6.08. The number of rotatable bonds is 3.